The lowest BCUT2D eigenvalue weighted by Crippen LogP contribution is -1.99. The van der Waals surface area contributed by atoms with Crippen LogP contribution in [0.2, 0.25) is 5.02 Å². The molecule has 1 rings (SSSR count). The molecule has 0 aliphatic rings. The predicted octanol–water partition coefficient (Wildman–Crippen LogP) is 3.85. The van der Waals surface area contributed by atoms with E-state index in [2.05, 4.69) is 0 Å². The molecule has 1 aromatic carbocycles. The summed E-state index contributed by atoms with van der Waals surface area (Å²) in [6.45, 7) is 2.01. The summed E-state index contributed by atoms with van der Waals surface area (Å²) in [6.07, 6.45) is 2.23. The van der Waals surface area contributed by atoms with E-state index in [0.29, 0.717) is 12.0 Å². The van der Waals surface area contributed by atoms with Gasteiger partial charge in [-0.05, 0) is 24.6 Å². The van der Waals surface area contributed by atoms with Crippen molar-refractivity contribution in [3.8, 4) is 0 Å². The van der Waals surface area contributed by atoms with Crippen molar-refractivity contribution in [3.63, 3.8) is 0 Å². The van der Waals surface area contributed by atoms with Crippen LogP contribution in [0, 0.1) is 5.82 Å². The van der Waals surface area contributed by atoms with Crippen molar-refractivity contribution in [3.05, 3.63) is 34.6 Å². The van der Waals surface area contributed by atoms with Crippen LogP contribution in [0.4, 0.5) is 4.39 Å². The Morgan fingerprint density at radius 3 is 2.71 bits per heavy atom. The van der Waals surface area contributed by atoms with Gasteiger partial charge in [0, 0.05) is 17.0 Å². The van der Waals surface area contributed by atoms with Gasteiger partial charge in [0.2, 0.25) is 0 Å². The van der Waals surface area contributed by atoms with E-state index in [-0.39, 0.29) is 10.8 Å². The first kappa shape index (κ1) is 11.2. The fourth-order valence-corrected chi connectivity index (χ4v) is 1.42. The van der Waals surface area contributed by atoms with Gasteiger partial charge in [0.1, 0.15) is 5.82 Å². The van der Waals surface area contributed by atoms with Gasteiger partial charge in [-0.2, -0.15) is 0 Å². The second-order valence-corrected chi connectivity index (χ2v) is 3.62. The minimum atomic E-state index is -0.461. The van der Waals surface area contributed by atoms with Crippen molar-refractivity contribution < 1.29 is 9.18 Å². The highest BCUT2D eigenvalue weighted by Crippen LogP contribution is 2.16. The van der Waals surface area contributed by atoms with Gasteiger partial charge in [0.15, 0.2) is 5.78 Å². The number of rotatable bonds is 4. The van der Waals surface area contributed by atoms with Crippen molar-refractivity contribution in [1.82, 2.24) is 0 Å². The SMILES string of the molecule is CCCCC(=O)c1cc(F)cc(Cl)c1. The summed E-state index contributed by atoms with van der Waals surface area (Å²) in [6, 6.07) is 3.92. The fraction of sp³-hybridized carbons (Fsp3) is 0.364. The van der Waals surface area contributed by atoms with E-state index in [4.69, 9.17) is 11.6 Å². The molecule has 0 aliphatic heterocycles. The molecule has 0 aromatic heterocycles. The number of hydrogen-bond acceptors (Lipinski definition) is 1. The van der Waals surface area contributed by atoms with E-state index in [9.17, 15) is 9.18 Å². The molecule has 0 spiro atoms. The molecule has 0 bridgehead atoms. The quantitative estimate of drug-likeness (QED) is 0.696. The van der Waals surface area contributed by atoms with Gasteiger partial charge in [0.05, 0.1) is 0 Å². The molecule has 0 fully saturated rings. The number of unbranched alkanes of at least 4 members (excludes halogenated alkanes) is 1. The van der Waals surface area contributed by atoms with Crippen LogP contribution < -0.4 is 0 Å². The van der Waals surface area contributed by atoms with Crippen LogP contribution in [0.5, 0.6) is 0 Å². The molecule has 0 N–H and O–H groups in total. The van der Waals surface area contributed by atoms with E-state index in [0.717, 1.165) is 12.8 Å². The monoisotopic (exact) mass is 214 g/mol. The zero-order valence-electron chi connectivity index (χ0n) is 8.02. The molecular formula is C11H12ClFO. The number of Topliss-reactive ketones (excluding diaryl/α,β-unsaturated/α-hetero) is 1. The summed E-state index contributed by atoms with van der Waals surface area (Å²) in [7, 11) is 0. The number of carbonyl (C=O) groups is 1. The van der Waals surface area contributed by atoms with Crippen LogP contribution in [0.3, 0.4) is 0 Å². The lowest BCUT2D eigenvalue weighted by molar-refractivity contribution is 0.0979. The van der Waals surface area contributed by atoms with Crippen molar-refractivity contribution >= 4 is 17.4 Å². The molecule has 3 heteroatoms. The summed E-state index contributed by atoms with van der Waals surface area (Å²) in [4.78, 5) is 11.5. The molecule has 0 saturated carbocycles. The molecule has 1 nitrogen and oxygen atoms in total. The maximum absolute atomic E-state index is 12.9. The Balaban J connectivity index is 2.79. The summed E-state index contributed by atoms with van der Waals surface area (Å²) >= 11 is 5.64. The molecule has 0 saturated heterocycles. The molecule has 0 amide bonds. The van der Waals surface area contributed by atoms with E-state index >= 15 is 0 Å². The molecular weight excluding hydrogens is 203 g/mol. The van der Waals surface area contributed by atoms with Crippen LogP contribution in [-0.2, 0) is 0 Å². The number of hydrogen-bond donors (Lipinski definition) is 0. The third-order valence-electron chi connectivity index (χ3n) is 1.94. The maximum Gasteiger partial charge on any atom is 0.163 e. The second-order valence-electron chi connectivity index (χ2n) is 3.18. The van der Waals surface area contributed by atoms with E-state index in [1.165, 1.54) is 18.2 Å². The molecule has 76 valence electrons. The van der Waals surface area contributed by atoms with E-state index in [1.54, 1.807) is 0 Å². The van der Waals surface area contributed by atoms with Crippen LogP contribution >= 0.6 is 11.6 Å². The summed E-state index contributed by atoms with van der Waals surface area (Å²) < 4.78 is 12.9. The van der Waals surface area contributed by atoms with Crippen LogP contribution in [-0.4, -0.2) is 5.78 Å². The number of ketones is 1. The van der Waals surface area contributed by atoms with Gasteiger partial charge in [0.25, 0.3) is 0 Å². The highest BCUT2D eigenvalue weighted by molar-refractivity contribution is 6.31. The fourth-order valence-electron chi connectivity index (χ4n) is 1.20. The number of carbonyl (C=O) groups excluding carboxylic acids is 1. The first-order valence-electron chi connectivity index (χ1n) is 4.62. The average molecular weight is 215 g/mol. The molecule has 0 radical (unpaired) electrons. The largest absolute Gasteiger partial charge is 0.294 e. The average Bonchev–Trinajstić information content (AvgIpc) is 2.12. The van der Waals surface area contributed by atoms with Crippen LogP contribution in [0.15, 0.2) is 18.2 Å². The zero-order valence-corrected chi connectivity index (χ0v) is 8.77. The maximum atomic E-state index is 12.9. The number of benzene rings is 1. The van der Waals surface area contributed by atoms with E-state index in [1.807, 2.05) is 6.92 Å². The highest BCUT2D eigenvalue weighted by Gasteiger charge is 2.07. The Bertz CT molecular complexity index is 316. The summed E-state index contributed by atoms with van der Waals surface area (Å²) in [5.41, 5.74) is 0.364. The molecule has 0 aliphatic carbocycles. The summed E-state index contributed by atoms with van der Waals surface area (Å²) in [5, 5.41) is 0.268. The van der Waals surface area contributed by atoms with Gasteiger partial charge < -0.3 is 0 Å². The van der Waals surface area contributed by atoms with Crippen LogP contribution in [0.1, 0.15) is 36.5 Å². The Hall–Kier alpha value is -0.890. The first-order valence-corrected chi connectivity index (χ1v) is 5.00. The third-order valence-corrected chi connectivity index (χ3v) is 2.16. The molecule has 14 heavy (non-hydrogen) atoms. The topological polar surface area (TPSA) is 17.1 Å². The smallest absolute Gasteiger partial charge is 0.163 e. The third kappa shape index (κ3) is 3.11. The molecule has 0 unspecified atom stereocenters. The van der Waals surface area contributed by atoms with Gasteiger partial charge in [-0.3, -0.25) is 4.79 Å². The second kappa shape index (κ2) is 5.11. The molecule has 0 atom stereocenters. The number of halogens is 2. The van der Waals surface area contributed by atoms with Gasteiger partial charge in [-0.15, -0.1) is 0 Å². The minimum Gasteiger partial charge on any atom is -0.294 e. The van der Waals surface area contributed by atoms with Crippen molar-refractivity contribution in [2.24, 2.45) is 0 Å². The van der Waals surface area contributed by atoms with Gasteiger partial charge in [-0.1, -0.05) is 24.9 Å². The highest BCUT2D eigenvalue weighted by atomic mass is 35.5. The van der Waals surface area contributed by atoms with E-state index < -0.39 is 5.82 Å². The molecule has 0 heterocycles. The molecule has 1 aromatic rings. The Morgan fingerprint density at radius 1 is 1.43 bits per heavy atom. The lowest BCUT2D eigenvalue weighted by atomic mass is 10.1. The van der Waals surface area contributed by atoms with Gasteiger partial charge >= 0.3 is 0 Å². The minimum absolute atomic E-state index is 0.0479. The van der Waals surface area contributed by atoms with Gasteiger partial charge in [-0.25, -0.2) is 4.39 Å². The lowest BCUT2D eigenvalue weighted by Gasteiger charge is -2.00. The Kier molecular flexibility index (Phi) is 4.08. The summed E-state index contributed by atoms with van der Waals surface area (Å²) in [5.74, 6) is -0.509. The van der Waals surface area contributed by atoms with Crippen molar-refractivity contribution in [1.29, 1.82) is 0 Å². The van der Waals surface area contributed by atoms with Crippen molar-refractivity contribution in [2.45, 2.75) is 26.2 Å². The standard InChI is InChI=1S/C11H12ClFO/c1-2-3-4-11(14)8-5-9(12)7-10(13)6-8/h5-7H,2-4H2,1H3. The zero-order chi connectivity index (χ0) is 10.6. The van der Waals surface area contributed by atoms with Crippen molar-refractivity contribution in [2.75, 3.05) is 0 Å². The predicted molar refractivity (Wildman–Crippen MR) is 55.3 cm³/mol. The Morgan fingerprint density at radius 2 is 2.14 bits per heavy atom. The van der Waals surface area contributed by atoms with Crippen LogP contribution in [0.25, 0.3) is 0 Å². The Labute approximate surface area is 87.9 Å². The first-order chi connectivity index (χ1) is 6.63. The normalized spacial score (nSPS) is 10.2.